The summed E-state index contributed by atoms with van der Waals surface area (Å²) in [5, 5.41) is 5.09. The zero-order valence-electron chi connectivity index (χ0n) is 36.1. The summed E-state index contributed by atoms with van der Waals surface area (Å²) in [6.07, 6.45) is 0. The van der Waals surface area contributed by atoms with E-state index in [2.05, 4.69) is 242 Å². The summed E-state index contributed by atoms with van der Waals surface area (Å²) >= 11 is 1.90. The van der Waals surface area contributed by atoms with Crippen LogP contribution in [-0.2, 0) is 10.8 Å². The molecule has 3 aliphatic rings. The molecule has 65 heavy (non-hydrogen) atoms. The molecule has 1 aliphatic heterocycles. The van der Waals surface area contributed by atoms with Crippen LogP contribution in [0.3, 0.4) is 0 Å². The summed E-state index contributed by atoms with van der Waals surface area (Å²) in [5.41, 5.74) is 19.4. The second-order valence-corrected chi connectivity index (χ2v) is 19.5. The van der Waals surface area contributed by atoms with Crippen LogP contribution >= 0.6 is 11.8 Å². The van der Waals surface area contributed by atoms with Gasteiger partial charge in [-0.05, 0) is 133 Å². The Morgan fingerprint density at radius 1 is 0.385 bits per heavy atom. The van der Waals surface area contributed by atoms with E-state index in [4.69, 9.17) is 0 Å². The molecule has 0 amide bonds. The monoisotopic (exact) mass is 846 g/mol. The van der Waals surface area contributed by atoms with E-state index in [0.29, 0.717) is 0 Å². The molecule has 2 heterocycles. The van der Waals surface area contributed by atoms with Gasteiger partial charge in [-0.2, -0.15) is 0 Å². The van der Waals surface area contributed by atoms with Crippen molar-refractivity contribution in [3.05, 3.63) is 252 Å². The van der Waals surface area contributed by atoms with E-state index in [1.165, 1.54) is 98.0 Å². The molecule has 0 saturated carbocycles. The molecule has 3 heteroatoms. The van der Waals surface area contributed by atoms with E-state index < -0.39 is 5.41 Å². The highest BCUT2D eigenvalue weighted by Gasteiger charge is 2.49. The fourth-order valence-corrected chi connectivity index (χ4v) is 13.2. The molecule has 14 rings (SSSR count). The maximum Gasteiger partial charge on any atom is 0.0736 e. The van der Waals surface area contributed by atoms with Gasteiger partial charge in [-0.1, -0.05) is 177 Å². The average molecular weight is 847 g/mol. The summed E-state index contributed by atoms with van der Waals surface area (Å²) in [6, 6.07) is 82.3. The van der Waals surface area contributed by atoms with E-state index in [1.54, 1.807) is 0 Å². The predicted molar refractivity (Wildman–Crippen MR) is 272 cm³/mol. The lowest BCUT2D eigenvalue weighted by molar-refractivity contribution is 0.660. The van der Waals surface area contributed by atoms with Crippen molar-refractivity contribution < 1.29 is 0 Å². The number of fused-ring (bicyclic) bond motifs is 14. The Kier molecular flexibility index (Phi) is 7.63. The summed E-state index contributed by atoms with van der Waals surface area (Å²) in [6.45, 7) is 4.76. The number of rotatable bonds is 4. The van der Waals surface area contributed by atoms with Crippen molar-refractivity contribution in [2.24, 2.45) is 0 Å². The summed E-state index contributed by atoms with van der Waals surface area (Å²) in [4.78, 5) is 5.13. The van der Waals surface area contributed by atoms with Crippen molar-refractivity contribution in [3.8, 4) is 27.9 Å². The molecule has 2 nitrogen and oxygen atoms in total. The number of anilines is 3. The molecule has 0 saturated heterocycles. The van der Waals surface area contributed by atoms with E-state index in [9.17, 15) is 0 Å². The molecule has 306 valence electrons. The topological polar surface area (TPSA) is 8.17 Å². The van der Waals surface area contributed by atoms with Crippen LogP contribution in [0.25, 0.3) is 60.5 Å². The first-order valence-corrected chi connectivity index (χ1v) is 23.5. The Labute approximate surface area is 383 Å². The normalized spacial score (nSPS) is 14.5. The minimum atomic E-state index is -0.561. The number of hydrogen-bond acceptors (Lipinski definition) is 2. The first-order chi connectivity index (χ1) is 32.0. The zero-order chi connectivity index (χ0) is 43.0. The van der Waals surface area contributed by atoms with Crippen LogP contribution in [0.5, 0.6) is 0 Å². The summed E-state index contributed by atoms with van der Waals surface area (Å²) < 4.78 is 2.43. The van der Waals surface area contributed by atoms with Gasteiger partial charge in [-0.15, -0.1) is 0 Å². The third kappa shape index (κ3) is 4.96. The van der Waals surface area contributed by atoms with Gasteiger partial charge >= 0.3 is 0 Å². The molecule has 1 aromatic heterocycles. The first kappa shape index (κ1) is 36.8. The number of hydrogen-bond donors (Lipinski definition) is 0. The minimum Gasteiger partial charge on any atom is -0.310 e. The number of benzene rings is 10. The second-order valence-electron chi connectivity index (χ2n) is 18.4. The molecule has 1 spiro atoms. The first-order valence-electron chi connectivity index (χ1n) is 22.7. The van der Waals surface area contributed by atoms with Crippen LogP contribution in [0.4, 0.5) is 17.1 Å². The van der Waals surface area contributed by atoms with Gasteiger partial charge < -0.3 is 9.47 Å². The fourth-order valence-electron chi connectivity index (χ4n) is 12.0. The standard InChI is InChI=1S/C62H42N2S/c1-61(2)50-23-8-6-20-44(50)45-33-30-41(36-54(45)61)63(43-32-35-48-47-21-7-11-27-56(47)64(57(48)38-43)40-18-4-3-5-19-40)42-31-34-46-49-22-14-16-39-17-15-26-53(60(39)49)62(55(46)37-42)51-24-9-12-28-58(51)65-59-29-13-10-25-52(59)62/h3-38H,1-2H3. The lowest BCUT2D eigenvalue weighted by Crippen LogP contribution is -2.36. The quantitative estimate of drug-likeness (QED) is 0.174. The van der Waals surface area contributed by atoms with Crippen molar-refractivity contribution >= 4 is 61.4 Å². The molecular formula is C62H42N2S. The Hall–Kier alpha value is -7.59. The number of para-hydroxylation sites is 2. The fraction of sp³-hybridized carbons (Fsp3) is 0.0645. The van der Waals surface area contributed by atoms with Gasteiger partial charge in [-0.25, -0.2) is 0 Å². The SMILES string of the molecule is CC1(C)c2ccccc2-c2ccc(N(c3ccc4c(c3)C3(c5ccccc5Sc5ccccc53)c3cccc5cccc-4c35)c3ccc4c5ccccc5n(-c5ccccc5)c4c3)cc21. The summed E-state index contributed by atoms with van der Waals surface area (Å²) in [5.74, 6) is 0. The molecule has 11 aromatic rings. The van der Waals surface area contributed by atoms with Crippen molar-refractivity contribution in [1.29, 1.82) is 0 Å². The van der Waals surface area contributed by atoms with Crippen LogP contribution < -0.4 is 4.90 Å². The van der Waals surface area contributed by atoms with E-state index in [0.717, 1.165) is 22.7 Å². The average Bonchev–Trinajstić information content (AvgIpc) is 3.80. The molecule has 0 N–H and O–H groups in total. The van der Waals surface area contributed by atoms with Crippen molar-refractivity contribution in [3.63, 3.8) is 0 Å². The molecule has 0 bridgehead atoms. The van der Waals surface area contributed by atoms with E-state index >= 15 is 0 Å². The third-order valence-electron chi connectivity index (χ3n) is 14.8. The highest BCUT2D eigenvalue weighted by atomic mass is 32.2. The molecule has 0 fully saturated rings. The lowest BCUT2D eigenvalue weighted by atomic mass is 9.59. The van der Waals surface area contributed by atoms with Gasteiger partial charge in [0.2, 0.25) is 0 Å². The van der Waals surface area contributed by atoms with Crippen LogP contribution in [0.1, 0.15) is 47.2 Å². The van der Waals surface area contributed by atoms with Crippen LogP contribution in [-0.4, -0.2) is 4.57 Å². The Balaban J connectivity index is 1.08. The smallest absolute Gasteiger partial charge is 0.0736 e. The third-order valence-corrected chi connectivity index (χ3v) is 16.0. The molecule has 0 unspecified atom stereocenters. The maximum atomic E-state index is 2.54. The Bertz CT molecular complexity index is 3750. The van der Waals surface area contributed by atoms with Gasteiger partial charge in [0.25, 0.3) is 0 Å². The van der Waals surface area contributed by atoms with Crippen molar-refractivity contribution in [2.45, 2.75) is 34.5 Å². The van der Waals surface area contributed by atoms with Gasteiger partial charge in [0, 0.05) is 48.7 Å². The van der Waals surface area contributed by atoms with Gasteiger partial charge in [0.15, 0.2) is 0 Å². The Morgan fingerprint density at radius 2 is 0.923 bits per heavy atom. The number of nitrogens with zero attached hydrogens (tertiary/aromatic N) is 2. The lowest BCUT2D eigenvalue weighted by Gasteiger charge is -2.46. The summed E-state index contributed by atoms with van der Waals surface area (Å²) in [7, 11) is 0. The minimum absolute atomic E-state index is 0.160. The maximum absolute atomic E-state index is 2.54. The number of aromatic nitrogens is 1. The van der Waals surface area contributed by atoms with Gasteiger partial charge in [0.05, 0.1) is 16.4 Å². The second kappa shape index (κ2) is 13.5. The zero-order valence-corrected chi connectivity index (χ0v) is 36.9. The Morgan fingerprint density at radius 3 is 1.69 bits per heavy atom. The van der Waals surface area contributed by atoms with Crippen molar-refractivity contribution in [1.82, 2.24) is 4.57 Å². The molecule has 0 atom stereocenters. The van der Waals surface area contributed by atoms with Crippen molar-refractivity contribution in [2.75, 3.05) is 4.90 Å². The van der Waals surface area contributed by atoms with Gasteiger partial charge in [0.1, 0.15) is 0 Å². The van der Waals surface area contributed by atoms with Crippen LogP contribution in [0.2, 0.25) is 0 Å². The van der Waals surface area contributed by atoms with Gasteiger partial charge in [-0.3, -0.25) is 0 Å². The highest BCUT2D eigenvalue weighted by molar-refractivity contribution is 7.99. The largest absolute Gasteiger partial charge is 0.310 e. The highest BCUT2D eigenvalue weighted by Crippen LogP contribution is 2.62. The molecule has 0 radical (unpaired) electrons. The van der Waals surface area contributed by atoms with Crippen LogP contribution in [0, 0.1) is 0 Å². The van der Waals surface area contributed by atoms with Crippen LogP contribution in [0.15, 0.2) is 228 Å². The van der Waals surface area contributed by atoms with E-state index in [-0.39, 0.29) is 5.41 Å². The molecular weight excluding hydrogens is 805 g/mol. The molecule has 2 aliphatic carbocycles. The predicted octanol–water partition coefficient (Wildman–Crippen LogP) is 16.5. The molecule has 10 aromatic carbocycles. The van der Waals surface area contributed by atoms with E-state index in [1.807, 2.05) is 11.8 Å².